The van der Waals surface area contributed by atoms with Gasteiger partial charge in [0.1, 0.15) is 0 Å². The molecule has 2 aliphatic rings. The Balaban J connectivity index is 2.07. The highest BCUT2D eigenvalue weighted by atomic mass is 16.7. The third kappa shape index (κ3) is 2.88. The molecule has 22 heavy (non-hydrogen) atoms. The van der Waals surface area contributed by atoms with Gasteiger partial charge in [-0.15, -0.1) is 0 Å². The van der Waals surface area contributed by atoms with Crippen molar-refractivity contribution in [3.8, 4) is 0 Å². The highest BCUT2D eigenvalue weighted by Crippen LogP contribution is 2.45. The molecular formula is C16H33B2NO3. The van der Waals surface area contributed by atoms with Gasteiger partial charge in [0.05, 0.1) is 16.8 Å². The predicted octanol–water partition coefficient (Wildman–Crippen LogP) is 3.52. The summed E-state index contributed by atoms with van der Waals surface area (Å²) in [4.78, 5) is 0. The van der Waals surface area contributed by atoms with Crippen LogP contribution in [0.15, 0.2) is 0 Å². The highest BCUT2D eigenvalue weighted by molar-refractivity contribution is 6.57. The molecule has 4 nitrogen and oxygen atoms in total. The molecule has 0 aliphatic carbocycles. The van der Waals surface area contributed by atoms with Crippen LogP contribution in [0.3, 0.4) is 0 Å². The van der Waals surface area contributed by atoms with Crippen molar-refractivity contribution in [1.82, 2.24) is 5.23 Å². The van der Waals surface area contributed by atoms with Gasteiger partial charge in [-0.3, -0.25) is 0 Å². The van der Waals surface area contributed by atoms with Crippen molar-refractivity contribution in [3.05, 3.63) is 0 Å². The van der Waals surface area contributed by atoms with Gasteiger partial charge in [0.2, 0.25) is 0 Å². The fourth-order valence-electron chi connectivity index (χ4n) is 2.89. The van der Waals surface area contributed by atoms with Crippen LogP contribution in [0.2, 0.25) is 11.6 Å². The van der Waals surface area contributed by atoms with E-state index in [9.17, 15) is 0 Å². The van der Waals surface area contributed by atoms with Crippen LogP contribution < -0.4 is 5.23 Å². The average Bonchev–Trinajstić information content (AvgIpc) is 2.67. The second-order valence-electron chi connectivity index (χ2n) is 9.16. The lowest BCUT2D eigenvalue weighted by Crippen LogP contribution is -2.50. The maximum absolute atomic E-state index is 6.29. The van der Waals surface area contributed by atoms with Gasteiger partial charge in [0.15, 0.2) is 0 Å². The Labute approximate surface area is 137 Å². The normalized spacial score (nSPS) is 31.4. The summed E-state index contributed by atoms with van der Waals surface area (Å²) in [6.07, 6.45) is 0. The second-order valence-corrected chi connectivity index (χ2v) is 9.16. The van der Waals surface area contributed by atoms with E-state index < -0.39 is 0 Å². The molecule has 1 unspecified atom stereocenters. The molecule has 126 valence electrons. The Morgan fingerprint density at radius 2 is 1.14 bits per heavy atom. The van der Waals surface area contributed by atoms with Gasteiger partial charge in [0, 0.05) is 5.54 Å². The van der Waals surface area contributed by atoms with Gasteiger partial charge in [-0.1, -0.05) is 13.8 Å². The molecule has 0 saturated carbocycles. The number of nitrogens with one attached hydrogen (secondary N) is 1. The van der Waals surface area contributed by atoms with Gasteiger partial charge in [-0.2, -0.15) is 0 Å². The van der Waals surface area contributed by atoms with Crippen molar-refractivity contribution in [2.45, 2.75) is 103 Å². The molecule has 6 heteroatoms. The van der Waals surface area contributed by atoms with Gasteiger partial charge < -0.3 is 19.2 Å². The third-order valence-electron chi connectivity index (χ3n) is 6.44. The minimum absolute atomic E-state index is 0.0130. The van der Waals surface area contributed by atoms with Gasteiger partial charge in [-0.25, -0.2) is 0 Å². The fourth-order valence-corrected chi connectivity index (χ4v) is 2.89. The summed E-state index contributed by atoms with van der Waals surface area (Å²) in [5.41, 5.74) is -0.814. The van der Waals surface area contributed by atoms with Crippen molar-refractivity contribution in [1.29, 1.82) is 0 Å². The summed E-state index contributed by atoms with van der Waals surface area (Å²) in [6.45, 7) is 21.5. The van der Waals surface area contributed by atoms with Crippen LogP contribution in [-0.2, 0) is 14.0 Å². The molecule has 1 N–H and O–H groups in total. The van der Waals surface area contributed by atoms with E-state index in [0.29, 0.717) is 0 Å². The SMILES string of the molecule is CC(B1OC(C)(C)C(C)(C)O1)[C@@H](C)B1NC(C)(C)C(C)(C)O1. The van der Waals surface area contributed by atoms with Crippen LogP contribution in [0.1, 0.15) is 69.2 Å². The molecule has 2 saturated heterocycles. The summed E-state index contributed by atoms with van der Waals surface area (Å²) in [5, 5.41) is 3.63. The van der Waals surface area contributed by atoms with Crippen molar-refractivity contribution in [2.75, 3.05) is 0 Å². The monoisotopic (exact) mass is 309 g/mol. The summed E-state index contributed by atoms with van der Waals surface area (Å²) in [5.74, 6) is 0.527. The lowest BCUT2D eigenvalue weighted by Gasteiger charge is -2.33. The lowest BCUT2D eigenvalue weighted by molar-refractivity contribution is 0.00578. The first-order valence-electron chi connectivity index (χ1n) is 8.51. The molecule has 0 radical (unpaired) electrons. The van der Waals surface area contributed by atoms with E-state index in [1.807, 2.05) is 0 Å². The number of hydrogen-bond acceptors (Lipinski definition) is 4. The Morgan fingerprint density at radius 3 is 1.50 bits per heavy atom. The standard InChI is InChI=1S/C16H33B2NO3/c1-11(17-19-13(3,4)14(5,6)20-17)12(2)18-21-15(7,8)16(9,10)22-18/h11-12,19H,1-10H3/t11-,12?/m1/s1. The molecular weight excluding hydrogens is 276 g/mol. The lowest BCUT2D eigenvalue weighted by atomic mass is 9.52. The summed E-state index contributed by atoms with van der Waals surface area (Å²) in [7, 11) is -0.184. The van der Waals surface area contributed by atoms with Crippen LogP contribution in [0.4, 0.5) is 0 Å². The van der Waals surface area contributed by atoms with Crippen LogP contribution in [0.25, 0.3) is 0 Å². The van der Waals surface area contributed by atoms with Crippen molar-refractivity contribution in [2.24, 2.45) is 0 Å². The third-order valence-corrected chi connectivity index (χ3v) is 6.44. The van der Waals surface area contributed by atoms with Crippen molar-refractivity contribution >= 4 is 14.2 Å². The molecule has 0 aromatic heterocycles. The highest BCUT2D eigenvalue weighted by Gasteiger charge is 2.57. The Hall–Kier alpha value is -0.0301. The zero-order valence-corrected chi connectivity index (χ0v) is 16.0. The molecule has 0 bridgehead atoms. The molecule has 0 aromatic rings. The molecule has 0 spiro atoms. The quantitative estimate of drug-likeness (QED) is 0.810. The largest absolute Gasteiger partial charge is 0.460 e. The van der Waals surface area contributed by atoms with Crippen LogP contribution in [0.5, 0.6) is 0 Å². The van der Waals surface area contributed by atoms with E-state index in [4.69, 9.17) is 14.0 Å². The molecule has 2 fully saturated rings. The number of hydrogen-bond donors (Lipinski definition) is 1. The minimum Gasteiger partial charge on any atom is -0.414 e. The maximum Gasteiger partial charge on any atom is 0.460 e. The zero-order chi connectivity index (χ0) is 17.1. The first kappa shape index (κ1) is 18.3. The first-order chi connectivity index (χ1) is 9.70. The van der Waals surface area contributed by atoms with E-state index >= 15 is 0 Å². The zero-order valence-electron chi connectivity index (χ0n) is 16.0. The van der Waals surface area contributed by atoms with E-state index in [1.165, 1.54) is 0 Å². The predicted molar refractivity (Wildman–Crippen MR) is 93.1 cm³/mol. The number of rotatable bonds is 3. The molecule has 2 atom stereocenters. The maximum atomic E-state index is 6.29. The van der Waals surface area contributed by atoms with Crippen molar-refractivity contribution < 1.29 is 14.0 Å². The molecule has 2 rings (SSSR count). The van der Waals surface area contributed by atoms with Crippen LogP contribution in [-0.4, -0.2) is 36.5 Å². The topological polar surface area (TPSA) is 39.7 Å². The summed E-state index contributed by atoms with van der Waals surface area (Å²) in [6, 6.07) is 0. The first-order valence-corrected chi connectivity index (χ1v) is 8.51. The van der Waals surface area contributed by atoms with Crippen molar-refractivity contribution in [3.63, 3.8) is 0 Å². The minimum atomic E-state index is -0.284. The smallest absolute Gasteiger partial charge is 0.414 e. The van der Waals surface area contributed by atoms with Gasteiger partial charge >= 0.3 is 14.2 Å². The molecule has 0 amide bonds. The molecule has 0 aromatic carbocycles. The second kappa shape index (κ2) is 5.23. The average molecular weight is 309 g/mol. The summed E-state index contributed by atoms with van der Waals surface area (Å²) < 4.78 is 18.7. The summed E-state index contributed by atoms with van der Waals surface area (Å²) >= 11 is 0. The van der Waals surface area contributed by atoms with Gasteiger partial charge in [0.25, 0.3) is 0 Å². The van der Waals surface area contributed by atoms with E-state index in [-0.39, 0.29) is 48.1 Å². The van der Waals surface area contributed by atoms with E-state index in [0.717, 1.165) is 0 Å². The van der Waals surface area contributed by atoms with Crippen LogP contribution in [0, 0.1) is 0 Å². The Morgan fingerprint density at radius 1 is 0.682 bits per heavy atom. The molecule has 2 heterocycles. The Kier molecular flexibility index (Phi) is 4.36. The fraction of sp³-hybridized carbons (Fsp3) is 1.00. The van der Waals surface area contributed by atoms with E-state index in [1.54, 1.807) is 0 Å². The van der Waals surface area contributed by atoms with E-state index in [2.05, 4.69) is 74.5 Å². The van der Waals surface area contributed by atoms with Gasteiger partial charge in [-0.05, 0) is 67.0 Å². The Bertz CT molecular complexity index is 365. The van der Waals surface area contributed by atoms with Crippen LogP contribution >= 0.6 is 0 Å². The molecule has 2 aliphatic heterocycles.